The summed E-state index contributed by atoms with van der Waals surface area (Å²) in [5, 5.41) is 3.16. The van der Waals surface area contributed by atoms with Crippen LogP contribution in [0.2, 0.25) is 0 Å². The summed E-state index contributed by atoms with van der Waals surface area (Å²) in [4.78, 5) is 49.4. The predicted molar refractivity (Wildman–Crippen MR) is 115 cm³/mol. The van der Waals surface area contributed by atoms with Crippen molar-refractivity contribution in [3.05, 3.63) is 36.0 Å². The Bertz CT molecular complexity index is 1050. The number of rotatable bonds is 2. The van der Waals surface area contributed by atoms with E-state index in [9.17, 15) is 14.4 Å². The molecule has 9 nitrogen and oxygen atoms in total. The van der Waals surface area contributed by atoms with Gasteiger partial charge in [0.15, 0.2) is 0 Å². The molecule has 1 aromatic rings. The molecule has 9 heteroatoms. The number of pyridine rings is 1. The number of nitrogens with one attached hydrogen (secondary N) is 1. The van der Waals surface area contributed by atoms with Crippen LogP contribution in [0.4, 0.5) is 5.82 Å². The molecule has 3 fully saturated rings. The number of hydrogen-bond acceptors (Lipinski definition) is 6. The zero-order chi connectivity index (χ0) is 22.3. The number of nitrogens with zero attached hydrogens (tertiary/aromatic N) is 4. The maximum atomic E-state index is 13.6. The summed E-state index contributed by atoms with van der Waals surface area (Å²) in [5.74, 6) is -0.367. The lowest BCUT2D eigenvalue weighted by atomic mass is 9.76. The maximum absolute atomic E-state index is 13.6. The first kappa shape index (κ1) is 19.7. The predicted octanol–water partition coefficient (Wildman–Crippen LogP) is 0.382. The monoisotopic (exact) mass is 437 g/mol. The Morgan fingerprint density at radius 3 is 2.84 bits per heavy atom. The summed E-state index contributed by atoms with van der Waals surface area (Å²) in [5.41, 5.74) is -0.651. The third-order valence-corrected chi connectivity index (χ3v) is 8.09. The van der Waals surface area contributed by atoms with E-state index in [-0.39, 0.29) is 23.8 Å². The van der Waals surface area contributed by atoms with Crippen LogP contribution in [0.5, 0.6) is 0 Å². The first-order valence-corrected chi connectivity index (χ1v) is 11.4. The Morgan fingerprint density at radius 1 is 1.31 bits per heavy atom. The summed E-state index contributed by atoms with van der Waals surface area (Å²) >= 11 is 0. The number of carbonyl (C=O) groups excluding carboxylic acids is 3. The molecule has 32 heavy (non-hydrogen) atoms. The standard InChI is InChI=1S/C23H27N5O4/c1-3-27-13-22-7-6-15(32-22)16(17(22)21(27)31)20(30)28-11-8-23(9-12-28)25-19(29)14-5-4-10-24-18(14)26(23)2/h4-7,10,15-17H,3,8-9,11-13H2,1-2H3,(H,25,29)/t15-,16-,17-,22-/m1/s1. The van der Waals surface area contributed by atoms with E-state index in [0.29, 0.717) is 50.4 Å². The van der Waals surface area contributed by atoms with E-state index in [1.807, 2.05) is 35.9 Å². The second kappa shape index (κ2) is 6.54. The molecular formula is C23H27N5O4. The average Bonchev–Trinajstić information content (AvgIpc) is 3.45. The molecule has 0 unspecified atom stereocenters. The van der Waals surface area contributed by atoms with Crippen LogP contribution in [0.15, 0.2) is 30.5 Å². The first-order chi connectivity index (χ1) is 15.4. The smallest absolute Gasteiger partial charge is 0.256 e. The van der Waals surface area contributed by atoms with Crippen LogP contribution in [-0.4, -0.2) is 83.1 Å². The lowest BCUT2D eigenvalue weighted by Crippen LogP contribution is -2.67. The van der Waals surface area contributed by atoms with Crippen molar-refractivity contribution in [2.75, 3.05) is 38.1 Å². The first-order valence-electron chi connectivity index (χ1n) is 11.4. The molecule has 6 rings (SSSR count). The van der Waals surface area contributed by atoms with Gasteiger partial charge in [0.25, 0.3) is 5.91 Å². The Hall–Kier alpha value is -2.94. The molecule has 168 valence electrons. The summed E-state index contributed by atoms with van der Waals surface area (Å²) < 4.78 is 6.20. The van der Waals surface area contributed by atoms with E-state index in [1.54, 1.807) is 23.2 Å². The third kappa shape index (κ3) is 2.42. The van der Waals surface area contributed by atoms with Crippen molar-refractivity contribution < 1.29 is 19.1 Å². The van der Waals surface area contributed by atoms with Crippen molar-refractivity contribution in [3.8, 4) is 0 Å². The molecule has 0 aromatic carbocycles. The Labute approximate surface area is 186 Å². The highest BCUT2D eigenvalue weighted by Gasteiger charge is 2.67. The van der Waals surface area contributed by atoms with Gasteiger partial charge >= 0.3 is 0 Å². The molecule has 0 saturated carbocycles. The van der Waals surface area contributed by atoms with Crippen molar-refractivity contribution in [3.63, 3.8) is 0 Å². The molecule has 6 heterocycles. The van der Waals surface area contributed by atoms with Crippen LogP contribution in [0.25, 0.3) is 0 Å². The number of likely N-dealkylation sites (tertiary alicyclic amines) is 2. The Kier molecular flexibility index (Phi) is 4.03. The quantitative estimate of drug-likeness (QED) is 0.673. The van der Waals surface area contributed by atoms with Gasteiger partial charge < -0.3 is 24.8 Å². The lowest BCUT2D eigenvalue weighted by molar-refractivity contribution is -0.144. The van der Waals surface area contributed by atoms with Gasteiger partial charge in [0.05, 0.1) is 30.0 Å². The number of aromatic nitrogens is 1. The van der Waals surface area contributed by atoms with Crippen molar-refractivity contribution in [1.29, 1.82) is 0 Å². The molecule has 3 saturated heterocycles. The highest BCUT2D eigenvalue weighted by Crippen LogP contribution is 2.52. The molecule has 2 bridgehead atoms. The van der Waals surface area contributed by atoms with E-state index in [4.69, 9.17) is 4.74 Å². The minimum absolute atomic E-state index is 0.0179. The SMILES string of the molecule is CCN1C[C@@]23C=C[C@@H](O2)[C@@H](C(=O)N2CCC4(CC2)NC(=O)c2cccnc2N4C)[C@@H]3C1=O. The molecule has 4 atom stereocenters. The molecular weight excluding hydrogens is 410 g/mol. The fourth-order valence-electron chi connectivity index (χ4n) is 6.30. The van der Waals surface area contributed by atoms with Crippen LogP contribution in [0, 0.1) is 11.8 Å². The number of amides is 3. The van der Waals surface area contributed by atoms with Gasteiger partial charge in [-0.3, -0.25) is 14.4 Å². The fourth-order valence-corrected chi connectivity index (χ4v) is 6.30. The minimum atomic E-state index is -0.651. The molecule has 1 N–H and O–H groups in total. The third-order valence-electron chi connectivity index (χ3n) is 8.09. The van der Waals surface area contributed by atoms with Crippen LogP contribution in [-0.2, 0) is 14.3 Å². The number of fused-ring (bicyclic) bond motifs is 2. The van der Waals surface area contributed by atoms with Gasteiger partial charge in [-0.1, -0.05) is 12.2 Å². The van der Waals surface area contributed by atoms with E-state index in [1.165, 1.54) is 0 Å². The summed E-state index contributed by atoms with van der Waals surface area (Å²) in [6.45, 7) is 4.10. The molecule has 2 spiro atoms. The van der Waals surface area contributed by atoms with Crippen LogP contribution in [0.1, 0.15) is 30.1 Å². The molecule has 0 radical (unpaired) electrons. The normalized spacial score (nSPS) is 34.2. The molecule has 1 aromatic heterocycles. The van der Waals surface area contributed by atoms with Gasteiger partial charge in [-0.15, -0.1) is 0 Å². The van der Waals surface area contributed by atoms with Gasteiger partial charge in [0, 0.05) is 45.7 Å². The van der Waals surface area contributed by atoms with Crippen molar-refractivity contribution in [2.45, 2.75) is 37.1 Å². The number of piperidine rings is 1. The van der Waals surface area contributed by atoms with Gasteiger partial charge in [0.2, 0.25) is 11.8 Å². The minimum Gasteiger partial charge on any atom is -0.360 e. The van der Waals surface area contributed by atoms with Crippen LogP contribution in [0.3, 0.4) is 0 Å². The second-order valence-electron chi connectivity index (χ2n) is 9.50. The number of likely N-dealkylation sites (N-methyl/N-ethyl adjacent to an activating group) is 1. The number of anilines is 1. The summed E-state index contributed by atoms with van der Waals surface area (Å²) in [6, 6.07) is 3.53. The number of hydrogen-bond donors (Lipinski definition) is 1. The van der Waals surface area contributed by atoms with Crippen LogP contribution < -0.4 is 10.2 Å². The van der Waals surface area contributed by atoms with Gasteiger partial charge in [-0.2, -0.15) is 0 Å². The van der Waals surface area contributed by atoms with Crippen molar-refractivity contribution >= 4 is 23.5 Å². The van der Waals surface area contributed by atoms with E-state index < -0.39 is 23.1 Å². The van der Waals surface area contributed by atoms with Gasteiger partial charge in [0.1, 0.15) is 17.1 Å². The molecule has 3 amide bonds. The summed E-state index contributed by atoms with van der Waals surface area (Å²) in [7, 11) is 1.94. The van der Waals surface area contributed by atoms with E-state index in [2.05, 4.69) is 10.3 Å². The molecule has 0 aliphatic carbocycles. The Morgan fingerprint density at radius 2 is 2.09 bits per heavy atom. The summed E-state index contributed by atoms with van der Waals surface area (Å²) in [6.07, 6.45) is 6.48. The zero-order valence-corrected chi connectivity index (χ0v) is 18.3. The van der Waals surface area contributed by atoms with Gasteiger partial charge in [-0.25, -0.2) is 4.98 Å². The molecule has 5 aliphatic rings. The fraction of sp³-hybridized carbons (Fsp3) is 0.565. The highest BCUT2D eigenvalue weighted by molar-refractivity contribution is 6.01. The largest absolute Gasteiger partial charge is 0.360 e. The van der Waals surface area contributed by atoms with Crippen molar-refractivity contribution in [2.24, 2.45) is 11.8 Å². The Balaban J connectivity index is 1.21. The van der Waals surface area contributed by atoms with E-state index in [0.717, 1.165) is 0 Å². The number of ether oxygens (including phenoxy) is 1. The van der Waals surface area contributed by atoms with Gasteiger partial charge in [-0.05, 0) is 19.1 Å². The highest BCUT2D eigenvalue weighted by atomic mass is 16.5. The molecule has 5 aliphatic heterocycles. The topological polar surface area (TPSA) is 95.1 Å². The lowest BCUT2D eigenvalue weighted by Gasteiger charge is -2.51. The average molecular weight is 438 g/mol. The van der Waals surface area contributed by atoms with Crippen molar-refractivity contribution in [1.82, 2.24) is 20.1 Å². The zero-order valence-electron chi connectivity index (χ0n) is 18.3. The number of carbonyl (C=O) groups is 3. The van der Waals surface area contributed by atoms with Crippen LogP contribution >= 0.6 is 0 Å². The van der Waals surface area contributed by atoms with E-state index >= 15 is 0 Å². The maximum Gasteiger partial charge on any atom is 0.256 e. The second-order valence-corrected chi connectivity index (χ2v) is 9.50.